The molecule has 134 valence electrons. The molecule has 3 rings (SSSR count). The van der Waals surface area contributed by atoms with E-state index in [4.69, 9.17) is 27.9 Å². The first kappa shape index (κ1) is 18.6. The molecule has 0 aliphatic heterocycles. The number of halogens is 2. The average Bonchev–Trinajstić information content (AvgIpc) is 3.09. The molecule has 0 aliphatic carbocycles. The molecule has 0 aliphatic rings. The van der Waals surface area contributed by atoms with Crippen LogP contribution in [0.4, 0.5) is 5.69 Å². The zero-order valence-electron chi connectivity index (χ0n) is 13.6. The summed E-state index contributed by atoms with van der Waals surface area (Å²) in [6.07, 6.45) is 0. The number of anilines is 1. The van der Waals surface area contributed by atoms with Crippen molar-refractivity contribution in [2.75, 3.05) is 18.2 Å². The number of ether oxygens (including phenoxy) is 1. The van der Waals surface area contributed by atoms with Crippen LogP contribution < -0.4 is 10.1 Å². The highest BCUT2D eigenvalue weighted by Gasteiger charge is 2.13. The SMILES string of the molecule is COc1ccc(Cl)cc1-c1nc(SCC(=O)Nc2cccc(Cl)c2)n[nH]1. The number of aromatic amines is 1. The lowest BCUT2D eigenvalue weighted by Crippen LogP contribution is -2.14. The summed E-state index contributed by atoms with van der Waals surface area (Å²) in [5.74, 6) is 1.13. The highest BCUT2D eigenvalue weighted by atomic mass is 35.5. The fourth-order valence-electron chi connectivity index (χ4n) is 2.19. The molecule has 0 saturated heterocycles. The van der Waals surface area contributed by atoms with Gasteiger partial charge in [0.2, 0.25) is 11.1 Å². The van der Waals surface area contributed by atoms with E-state index in [1.165, 1.54) is 11.8 Å². The number of carbonyl (C=O) groups is 1. The van der Waals surface area contributed by atoms with Gasteiger partial charge in [-0.25, -0.2) is 4.98 Å². The van der Waals surface area contributed by atoms with Gasteiger partial charge in [0.1, 0.15) is 5.75 Å². The Morgan fingerprint density at radius 2 is 2.04 bits per heavy atom. The fraction of sp³-hybridized carbons (Fsp3) is 0.118. The molecule has 0 radical (unpaired) electrons. The van der Waals surface area contributed by atoms with E-state index in [9.17, 15) is 4.79 Å². The maximum Gasteiger partial charge on any atom is 0.234 e. The van der Waals surface area contributed by atoms with E-state index in [-0.39, 0.29) is 11.7 Å². The number of thioether (sulfide) groups is 1. The number of nitrogens with one attached hydrogen (secondary N) is 2. The Balaban J connectivity index is 1.64. The minimum Gasteiger partial charge on any atom is -0.496 e. The van der Waals surface area contributed by atoms with Crippen molar-refractivity contribution in [3.05, 3.63) is 52.5 Å². The van der Waals surface area contributed by atoms with E-state index in [1.54, 1.807) is 49.6 Å². The highest BCUT2D eigenvalue weighted by Crippen LogP contribution is 2.31. The van der Waals surface area contributed by atoms with Crippen molar-refractivity contribution in [1.82, 2.24) is 15.2 Å². The number of rotatable bonds is 6. The number of hydrogen-bond donors (Lipinski definition) is 2. The Bertz CT molecular complexity index is 933. The molecule has 0 bridgehead atoms. The predicted molar refractivity (Wildman–Crippen MR) is 104 cm³/mol. The van der Waals surface area contributed by atoms with Gasteiger partial charge in [-0.2, -0.15) is 0 Å². The minimum atomic E-state index is -0.177. The summed E-state index contributed by atoms with van der Waals surface area (Å²) in [5, 5.41) is 11.3. The monoisotopic (exact) mass is 408 g/mol. The highest BCUT2D eigenvalue weighted by molar-refractivity contribution is 7.99. The molecule has 0 unspecified atom stereocenters. The Hall–Kier alpha value is -2.22. The quantitative estimate of drug-likeness (QED) is 0.586. The van der Waals surface area contributed by atoms with Crippen molar-refractivity contribution in [3.63, 3.8) is 0 Å². The maximum absolute atomic E-state index is 12.0. The molecule has 9 heteroatoms. The van der Waals surface area contributed by atoms with Gasteiger partial charge >= 0.3 is 0 Å². The van der Waals surface area contributed by atoms with Crippen LogP contribution in [-0.4, -0.2) is 34.0 Å². The first-order valence-electron chi connectivity index (χ1n) is 7.49. The van der Waals surface area contributed by atoms with Crippen molar-refractivity contribution in [2.24, 2.45) is 0 Å². The van der Waals surface area contributed by atoms with E-state index < -0.39 is 0 Å². The van der Waals surface area contributed by atoms with E-state index in [2.05, 4.69) is 20.5 Å². The van der Waals surface area contributed by atoms with Crippen LogP contribution in [0.5, 0.6) is 5.75 Å². The number of amides is 1. The molecule has 0 spiro atoms. The largest absolute Gasteiger partial charge is 0.496 e. The van der Waals surface area contributed by atoms with Crippen molar-refractivity contribution in [2.45, 2.75) is 5.16 Å². The van der Waals surface area contributed by atoms with E-state index >= 15 is 0 Å². The standard InChI is InChI=1S/C17H14Cl2N4O2S/c1-25-14-6-5-11(19)8-13(14)16-21-17(23-22-16)26-9-15(24)20-12-4-2-3-10(18)7-12/h2-8H,9H2,1H3,(H,20,24)(H,21,22,23). The van der Waals surface area contributed by atoms with E-state index in [0.717, 1.165) is 0 Å². The Labute approximate surface area is 164 Å². The summed E-state index contributed by atoms with van der Waals surface area (Å²) in [4.78, 5) is 16.4. The molecule has 6 nitrogen and oxygen atoms in total. The van der Waals surface area contributed by atoms with Gasteiger partial charge in [0.05, 0.1) is 18.4 Å². The summed E-state index contributed by atoms with van der Waals surface area (Å²) in [7, 11) is 1.57. The van der Waals surface area contributed by atoms with Crippen LogP contribution in [0.15, 0.2) is 47.6 Å². The van der Waals surface area contributed by atoms with Crippen LogP contribution in [0, 0.1) is 0 Å². The first-order valence-corrected chi connectivity index (χ1v) is 9.24. The Kier molecular flexibility index (Phi) is 6.03. The fourth-order valence-corrected chi connectivity index (χ4v) is 3.15. The maximum atomic E-state index is 12.0. The summed E-state index contributed by atoms with van der Waals surface area (Å²) < 4.78 is 5.31. The van der Waals surface area contributed by atoms with Crippen LogP contribution in [-0.2, 0) is 4.79 Å². The summed E-state index contributed by atoms with van der Waals surface area (Å²) in [5.41, 5.74) is 1.34. The van der Waals surface area contributed by atoms with Gasteiger partial charge in [0.25, 0.3) is 0 Å². The lowest BCUT2D eigenvalue weighted by Gasteiger charge is -2.05. The molecule has 0 atom stereocenters. The smallest absolute Gasteiger partial charge is 0.234 e. The lowest BCUT2D eigenvalue weighted by atomic mass is 10.2. The van der Waals surface area contributed by atoms with Crippen LogP contribution >= 0.6 is 35.0 Å². The summed E-state index contributed by atoms with van der Waals surface area (Å²) in [6.45, 7) is 0. The topological polar surface area (TPSA) is 79.9 Å². The van der Waals surface area contributed by atoms with Crippen molar-refractivity contribution in [1.29, 1.82) is 0 Å². The van der Waals surface area contributed by atoms with Gasteiger partial charge in [-0.05, 0) is 36.4 Å². The minimum absolute atomic E-state index is 0.163. The number of carbonyl (C=O) groups excluding carboxylic acids is 1. The molecular formula is C17H14Cl2N4O2S. The van der Waals surface area contributed by atoms with Gasteiger partial charge in [-0.15, -0.1) is 5.10 Å². The number of nitrogens with zero attached hydrogens (tertiary/aromatic N) is 2. The second kappa shape index (κ2) is 8.44. The Morgan fingerprint density at radius 1 is 1.23 bits per heavy atom. The molecule has 2 N–H and O–H groups in total. The molecule has 3 aromatic rings. The normalized spacial score (nSPS) is 10.6. The summed E-state index contributed by atoms with van der Waals surface area (Å²) >= 11 is 13.1. The van der Waals surface area contributed by atoms with Crippen LogP contribution in [0.1, 0.15) is 0 Å². The van der Waals surface area contributed by atoms with Gasteiger partial charge in [0, 0.05) is 15.7 Å². The number of hydrogen-bond acceptors (Lipinski definition) is 5. The molecular weight excluding hydrogens is 395 g/mol. The third-order valence-corrected chi connectivity index (χ3v) is 4.64. The molecule has 1 aromatic heterocycles. The third-order valence-electron chi connectivity index (χ3n) is 3.32. The van der Waals surface area contributed by atoms with Crippen LogP contribution in [0.25, 0.3) is 11.4 Å². The van der Waals surface area contributed by atoms with E-state index in [0.29, 0.717) is 38.0 Å². The predicted octanol–water partition coefficient (Wildman–Crippen LogP) is 4.52. The molecule has 2 aromatic carbocycles. The van der Waals surface area contributed by atoms with E-state index in [1.807, 2.05) is 0 Å². The van der Waals surface area contributed by atoms with Gasteiger partial charge in [-0.1, -0.05) is 41.0 Å². The van der Waals surface area contributed by atoms with Gasteiger partial charge in [0.15, 0.2) is 5.82 Å². The summed E-state index contributed by atoms with van der Waals surface area (Å²) in [6, 6.07) is 12.2. The third kappa shape index (κ3) is 4.69. The molecule has 1 amide bonds. The zero-order chi connectivity index (χ0) is 18.5. The molecule has 0 fully saturated rings. The lowest BCUT2D eigenvalue weighted by molar-refractivity contribution is -0.113. The number of methoxy groups -OCH3 is 1. The number of aromatic nitrogens is 3. The number of H-pyrrole nitrogens is 1. The second-order valence-electron chi connectivity index (χ2n) is 5.16. The second-order valence-corrected chi connectivity index (χ2v) is 6.97. The van der Waals surface area contributed by atoms with Crippen LogP contribution in [0.2, 0.25) is 10.0 Å². The van der Waals surface area contributed by atoms with Crippen molar-refractivity contribution in [3.8, 4) is 17.1 Å². The molecule has 26 heavy (non-hydrogen) atoms. The molecule has 1 heterocycles. The van der Waals surface area contributed by atoms with Gasteiger partial charge in [-0.3, -0.25) is 9.89 Å². The average molecular weight is 409 g/mol. The van der Waals surface area contributed by atoms with Crippen LogP contribution in [0.3, 0.4) is 0 Å². The zero-order valence-corrected chi connectivity index (χ0v) is 16.0. The van der Waals surface area contributed by atoms with Crippen molar-refractivity contribution >= 4 is 46.6 Å². The molecule has 0 saturated carbocycles. The van der Waals surface area contributed by atoms with Crippen molar-refractivity contribution < 1.29 is 9.53 Å². The Morgan fingerprint density at radius 3 is 2.81 bits per heavy atom. The number of benzene rings is 2. The van der Waals surface area contributed by atoms with Gasteiger partial charge < -0.3 is 10.1 Å². The first-order chi connectivity index (χ1) is 12.5.